The van der Waals surface area contributed by atoms with Gasteiger partial charge in [-0.15, -0.1) is 0 Å². The van der Waals surface area contributed by atoms with Gasteiger partial charge in [-0.3, -0.25) is 0 Å². The van der Waals surface area contributed by atoms with Gasteiger partial charge >= 0.3 is 0 Å². The lowest BCUT2D eigenvalue weighted by atomic mass is 10.1. The Balaban J connectivity index is 2.22. The maximum atomic E-state index is 9.12. The maximum absolute atomic E-state index is 9.12. The van der Waals surface area contributed by atoms with Gasteiger partial charge in [0.25, 0.3) is 0 Å². The van der Waals surface area contributed by atoms with Crippen molar-refractivity contribution in [3.8, 4) is 5.75 Å². The molecule has 0 unspecified atom stereocenters. The fourth-order valence-corrected chi connectivity index (χ4v) is 1.74. The smallest absolute Gasteiger partial charge is 0.115 e. The summed E-state index contributed by atoms with van der Waals surface area (Å²) in [6.07, 6.45) is 1.20. The van der Waals surface area contributed by atoms with E-state index in [4.69, 9.17) is 5.11 Å². The van der Waals surface area contributed by atoms with E-state index in [0.29, 0.717) is 11.7 Å². The third-order valence-electron chi connectivity index (χ3n) is 2.62. The molecule has 1 N–H and O–H groups in total. The zero-order valence-corrected chi connectivity index (χ0v) is 8.04. The molecule has 13 heavy (non-hydrogen) atoms. The zero-order valence-electron chi connectivity index (χ0n) is 8.04. The third-order valence-corrected chi connectivity index (χ3v) is 2.62. The summed E-state index contributed by atoms with van der Waals surface area (Å²) in [5.41, 5.74) is 4.33. The first-order valence-electron chi connectivity index (χ1n) is 4.63. The first-order chi connectivity index (χ1) is 6.18. The van der Waals surface area contributed by atoms with Crippen molar-refractivity contribution in [2.75, 3.05) is 0 Å². The summed E-state index contributed by atoms with van der Waals surface area (Å²) in [6.45, 7) is 4.32. The minimum absolute atomic E-state index is 0.350. The number of hydrogen-bond donors (Lipinski definition) is 1. The molecule has 0 heterocycles. The van der Waals surface area contributed by atoms with Crippen LogP contribution in [0.2, 0.25) is 0 Å². The molecule has 1 aromatic rings. The van der Waals surface area contributed by atoms with E-state index in [1.165, 1.54) is 17.6 Å². The number of hydrogen-bond acceptors (Lipinski definition) is 1. The molecule has 0 spiro atoms. The van der Waals surface area contributed by atoms with Crippen molar-refractivity contribution in [1.82, 2.24) is 0 Å². The molecule has 1 aromatic carbocycles. The fraction of sp³-hybridized carbons (Fsp3) is 0.333. The predicted octanol–water partition coefficient (Wildman–Crippen LogP) is 3.22. The Morgan fingerprint density at radius 2 is 1.85 bits per heavy atom. The van der Waals surface area contributed by atoms with Crippen LogP contribution in [0.3, 0.4) is 0 Å². The minimum atomic E-state index is 0.350. The second kappa shape index (κ2) is 2.91. The summed E-state index contributed by atoms with van der Waals surface area (Å²) in [5.74, 6) is 0.980. The van der Waals surface area contributed by atoms with Crippen molar-refractivity contribution in [2.24, 2.45) is 0 Å². The van der Waals surface area contributed by atoms with Crippen LogP contribution in [0.15, 0.2) is 35.4 Å². The molecule has 0 aromatic heterocycles. The number of rotatable bonds is 1. The molecular weight excluding hydrogens is 160 g/mol. The average molecular weight is 174 g/mol. The maximum Gasteiger partial charge on any atom is 0.115 e. The predicted molar refractivity (Wildman–Crippen MR) is 53.8 cm³/mol. The molecule has 68 valence electrons. The highest BCUT2D eigenvalue weighted by molar-refractivity contribution is 5.44. The van der Waals surface area contributed by atoms with Crippen LogP contribution in [-0.4, -0.2) is 5.11 Å². The molecule has 1 heteroatoms. The van der Waals surface area contributed by atoms with Crippen LogP contribution < -0.4 is 0 Å². The minimum Gasteiger partial charge on any atom is -0.508 e. The normalized spacial score (nSPS) is 20.2. The first-order valence-corrected chi connectivity index (χ1v) is 4.63. The molecule has 1 atom stereocenters. The van der Waals surface area contributed by atoms with Gasteiger partial charge in [0.05, 0.1) is 0 Å². The number of allylic oxidation sites excluding steroid dienone is 2. The van der Waals surface area contributed by atoms with Crippen molar-refractivity contribution in [3.05, 3.63) is 41.0 Å². The highest BCUT2D eigenvalue weighted by atomic mass is 16.3. The van der Waals surface area contributed by atoms with Crippen molar-refractivity contribution < 1.29 is 5.11 Å². The highest BCUT2D eigenvalue weighted by Gasteiger charge is 2.31. The van der Waals surface area contributed by atoms with E-state index in [2.05, 4.69) is 13.8 Å². The summed E-state index contributed by atoms with van der Waals surface area (Å²) in [4.78, 5) is 0. The third kappa shape index (κ3) is 1.59. The summed E-state index contributed by atoms with van der Waals surface area (Å²) < 4.78 is 0. The lowest BCUT2D eigenvalue weighted by Gasteiger charge is -1.97. The summed E-state index contributed by atoms with van der Waals surface area (Å²) >= 11 is 0. The quantitative estimate of drug-likeness (QED) is 0.648. The first kappa shape index (κ1) is 8.36. The van der Waals surface area contributed by atoms with Crippen LogP contribution in [0.25, 0.3) is 0 Å². The Morgan fingerprint density at radius 1 is 1.23 bits per heavy atom. The van der Waals surface area contributed by atoms with Gasteiger partial charge in [-0.05, 0) is 38.0 Å². The number of phenolic OH excluding ortho intramolecular Hbond substituents is 1. The molecule has 1 fully saturated rings. The van der Waals surface area contributed by atoms with Crippen molar-refractivity contribution in [1.29, 1.82) is 0 Å². The Hall–Kier alpha value is -1.24. The molecule has 0 saturated heterocycles. The standard InChI is InChI=1S/C12H14O/c1-8(2)11-7-12(11)9-3-5-10(13)6-4-9/h3-6,12-13H,7H2,1-2H3/t12-/m1/s1. The Bertz CT molecular complexity index is 342. The topological polar surface area (TPSA) is 20.2 Å². The van der Waals surface area contributed by atoms with Gasteiger partial charge in [-0.1, -0.05) is 23.3 Å². The second-order valence-corrected chi connectivity index (χ2v) is 3.87. The second-order valence-electron chi connectivity index (χ2n) is 3.87. The van der Waals surface area contributed by atoms with Crippen LogP contribution in [0.5, 0.6) is 5.75 Å². The largest absolute Gasteiger partial charge is 0.508 e. The van der Waals surface area contributed by atoms with Crippen molar-refractivity contribution in [2.45, 2.75) is 26.2 Å². The van der Waals surface area contributed by atoms with Crippen LogP contribution >= 0.6 is 0 Å². The molecule has 0 aliphatic heterocycles. The van der Waals surface area contributed by atoms with E-state index in [1.807, 2.05) is 12.1 Å². The highest BCUT2D eigenvalue weighted by Crippen LogP contribution is 2.48. The number of phenols is 1. The molecule has 0 radical (unpaired) electrons. The van der Waals surface area contributed by atoms with E-state index in [0.717, 1.165) is 0 Å². The van der Waals surface area contributed by atoms with Gasteiger partial charge in [0.15, 0.2) is 0 Å². The van der Waals surface area contributed by atoms with Crippen LogP contribution in [-0.2, 0) is 0 Å². The average Bonchev–Trinajstić information content (AvgIpc) is 2.85. The van der Waals surface area contributed by atoms with Crippen LogP contribution in [0.1, 0.15) is 31.7 Å². The number of benzene rings is 1. The summed E-state index contributed by atoms with van der Waals surface area (Å²) in [7, 11) is 0. The lowest BCUT2D eigenvalue weighted by Crippen LogP contribution is -1.77. The summed E-state index contributed by atoms with van der Waals surface area (Å²) in [5, 5.41) is 9.12. The molecule has 1 saturated carbocycles. The molecule has 1 nitrogen and oxygen atoms in total. The van der Waals surface area contributed by atoms with Crippen LogP contribution in [0.4, 0.5) is 0 Å². The van der Waals surface area contributed by atoms with E-state index >= 15 is 0 Å². The Labute approximate surface area is 78.7 Å². The molecule has 0 amide bonds. The van der Waals surface area contributed by atoms with Crippen molar-refractivity contribution >= 4 is 0 Å². The van der Waals surface area contributed by atoms with Gasteiger partial charge in [0.2, 0.25) is 0 Å². The SMILES string of the molecule is CC(C)=C1C[C@@H]1c1ccc(O)cc1. The van der Waals surface area contributed by atoms with Gasteiger partial charge in [0.1, 0.15) is 5.75 Å². The molecule has 2 rings (SSSR count). The van der Waals surface area contributed by atoms with Gasteiger partial charge < -0.3 is 5.11 Å². The molecule has 1 aliphatic carbocycles. The van der Waals surface area contributed by atoms with Crippen molar-refractivity contribution in [3.63, 3.8) is 0 Å². The van der Waals surface area contributed by atoms with Gasteiger partial charge in [0, 0.05) is 5.92 Å². The zero-order chi connectivity index (χ0) is 9.42. The lowest BCUT2D eigenvalue weighted by molar-refractivity contribution is 0.475. The Morgan fingerprint density at radius 3 is 2.31 bits per heavy atom. The van der Waals surface area contributed by atoms with E-state index in [9.17, 15) is 0 Å². The fourth-order valence-electron chi connectivity index (χ4n) is 1.74. The summed E-state index contributed by atoms with van der Waals surface area (Å²) in [6, 6.07) is 7.54. The Kier molecular flexibility index (Phi) is 1.87. The van der Waals surface area contributed by atoms with Gasteiger partial charge in [-0.2, -0.15) is 0 Å². The molecular formula is C12H14O. The number of aromatic hydroxyl groups is 1. The van der Waals surface area contributed by atoms with E-state index < -0.39 is 0 Å². The molecule has 1 aliphatic rings. The van der Waals surface area contributed by atoms with Gasteiger partial charge in [-0.25, -0.2) is 0 Å². The molecule has 0 bridgehead atoms. The van der Waals surface area contributed by atoms with E-state index in [-0.39, 0.29) is 0 Å². The van der Waals surface area contributed by atoms with E-state index in [1.54, 1.807) is 17.7 Å². The monoisotopic (exact) mass is 174 g/mol. The van der Waals surface area contributed by atoms with Crippen LogP contribution in [0, 0.1) is 0 Å².